The molecule has 0 aliphatic carbocycles. The van der Waals surface area contributed by atoms with Gasteiger partial charge >= 0.3 is 12.1 Å². The minimum Gasteiger partial charge on any atom is -0.504 e. The molecule has 2 N–H and O–H groups in total. The van der Waals surface area contributed by atoms with Gasteiger partial charge in [-0.25, -0.2) is 14.6 Å². The van der Waals surface area contributed by atoms with Crippen LogP contribution in [-0.4, -0.2) is 52.2 Å². The van der Waals surface area contributed by atoms with Gasteiger partial charge in [0.05, 0.1) is 0 Å². The number of hydrogen-bond acceptors (Lipinski definition) is 9. The van der Waals surface area contributed by atoms with Gasteiger partial charge < -0.3 is 28.7 Å². The average Bonchev–Trinajstić information content (AvgIpc) is 3.24. The highest BCUT2D eigenvalue weighted by molar-refractivity contribution is 5.94. The molecule has 0 spiro atoms. The molecule has 0 radical (unpaired) electrons. The largest absolute Gasteiger partial charge is 0.508 e. The van der Waals surface area contributed by atoms with Crippen molar-refractivity contribution in [3.63, 3.8) is 0 Å². The fourth-order valence-corrected chi connectivity index (χ4v) is 3.32. The Morgan fingerprint density at radius 3 is 2.78 bits per heavy atom. The van der Waals surface area contributed by atoms with Crippen molar-refractivity contribution in [1.29, 1.82) is 0 Å². The fourth-order valence-electron chi connectivity index (χ4n) is 3.32. The van der Waals surface area contributed by atoms with Gasteiger partial charge in [-0.05, 0) is 51.1 Å². The molecule has 1 aliphatic rings. The van der Waals surface area contributed by atoms with E-state index in [1.165, 1.54) is 6.21 Å². The first-order valence-electron chi connectivity index (χ1n) is 11.1. The van der Waals surface area contributed by atoms with E-state index in [4.69, 9.17) is 18.6 Å². The molecule has 0 saturated heterocycles. The monoisotopic (exact) mass is 491 g/mol. The highest BCUT2D eigenvalue weighted by Gasteiger charge is 2.23. The van der Waals surface area contributed by atoms with E-state index < -0.39 is 23.5 Å². The predicted octanol–water partition coefficient (Wildman–Crippen LogP) is 3.10. The number of aliphatic imine (C=N–C) groups is 1. The summed E-state index contributed by atoms with van der Waals surface area (Å²) in [5.74, 6) is -1.28. The molecule has 0 bridgehead atoms. The molecule has 1 aliphatic heterocycles. The quantitative estimate of drug-likeness (QED) is 0.410. The number of aromatic hydroxyl groups is 1. The van der Waals surface area contributed by atoms with Crippen LogP contribution in [0.5, 0.6) is 5.75 Å². The van der Waals surface area contributed by atoms with Crippen LogP contribution >= 0.6 is 0 Å². The Morgan fingerprint density at radius 1 is 1.17 bits per heavy atom. The summed E-state index contributed by atoms with van der Waals surface area (Å²) >= 11 is 0. The predicted molar refractivity (Wildman–Crippen MR) is 132 cm³/mol. The molecule has 4 heterocycles. The number of ether oxygens (including phenoxy) is 3. The molecule has 0 atom stereocenters. The van der Waals surface area contributed by atoms with Crippen molar-refractivity contribution in [1.82, 2.24) is 9.97 Å². The zero-order chi connectivity index (χ0) is 25.7. The highest BCUT2D eigenvalue weighted by Crippen LogP contribution is 2.18. The molecule has 3 aromatic heterocycles. The molecule has 0 saturated carbocycles. The van der Waals surface area contributed by atoms with E-state index in [1.54, 1.807) is 69.6 Å². The lowest BCUT2D eigenvalue weighted by Crippen LogP contribution is -2.25. The summed E-state index contributed by atoms with van der Waals surface area (Å²) < 4.78 is 21.1. The van der Waals surface area contributed by atoms with Crippen molar-refractivity contribution in [2.24, 2.45) is 4.99 Å². The van der Waals surface area contributed by atoms with Crippen molar-refractivity contribution < 1.29 is 33.3 Å². The Balaban J connectivity index is 1.65. The second-order valence-electron chi connectivity index (χ2n) is 8.66. The maximum Gasteiger partial charge on any atom is 0.508 e. The Morgan fingerprint density at radius 2 is 1.97 bits per heavy atom. The molecule has 36 heavy (non-hydrogen) atoms. The Labute approximate surface area is 205 Å². The SMILES string of the molecule is CC(C)(C)OC(=O)OCCOC(=O)c1c(O)c(=Cc2c[nH]c3ncccc23)oc1=C1C=CC=CC=N1. The summed E-state index contributed by atoms with van der Waals surface area (Å²) in [7, 11) is 0. The van der Waals surface area contributed by atoms with Gasteiger partial charge in [0.2, 0.25) is 0 Å². The van der Waals surface area contributed by atoms with E-state index in [2.05, 4.69) is 15.0 Å². The van der Waals surface area contributed by atoms with Crippen molar-refractivity contribution in [2.75, 3.05) is 13.2 Å². The van der Waals surface area contributed by atoms with Crippen LogP contribution in [0.2, 0.25) is 0 Å². The lowest BCUT2D eigenvalue weighted by molar-refractivity contribution is -0.0167. The first-order chi connectivity index (χ1) is 17.2. The molecule has 10 heteroatoms. The summed E-state index contributed by atoms with van der Waals surface area (Å²) in [4.78, 5) is 36.2. The van der Waals surface area contributed by atoms with Crippen LogP contribution in [0.1, 0.15) is 36.7 Å². The number of fused-ring (bicyclic) bond motifs is 1. The molecule has 186 valence electrons. The van der Waals surface area contributed by atoms with Crippen LogP contribution in [0.3, 0.4) is 0 Å². The van der Waals surface area contributed by atoms with Crippen molar-refractivity contribution in [3.8, 4) is 5.75 Å². The first-order valence-corrected chi connectivity index (χ1v) is 11.1. The van der Waals surface area contributed by atoms with Gasteiger partial charge in [-0.1, -0.05) is 12.2 Å². The van der Waals surface area contributed by atoms with Gasteiger partial charge in [-0.15, -0.1) is 0 Å². The molecular weight excluding hydrogens is 466 g/mol. The van der Waals surface area contributed by atoms with Crippen LogP contribution < -0.4 is 10.8 Å². The van der Waals surface area contributed by atoms with E-state index in [-0.39, 0.29) is 29.6 Å². The number of nitrogens with one attached hydrogen (secondary N) is 1. The number of esters is 1. The molecule has 10 nitrogen and oxygen atoms in total. The number of carbonyl (C=O) groups excluding carboxylic acids is 2. The van der Waals surface area contributed by atoms with Crippen molar-refractivity contribution >= 4 is 41.1 Å². The molecule has 0 aromatic carbocycles. The first kappa shape index (κ1) is 24.5. The smallest absolute Gasteiger partial charge is 0.504 e. The number of aromatic nitrogens is 2. The van der Waals surface area contributed by atoms with Gasteiger partial charge in [-0.3, -0.25) is 4.99 Å². The normalized spacial score (nSPS) is 15.2. The van der Waals surface area contributed by atoms with Crippen molar-refractivity contribution in [2.45, 2.75) is 26.4 Å². The van der Waals surface area contributed by atoms with Crippen LogP contribution in [-0.2, 0) is 14.2 Å². The van der Waals surface area contributed by atoms with Gasteiger partial charge in [0.1, 0.15) is 30.2 Å². The number of nitrogens with zero attached hydrogens (tertiary/aromatic N) is 2. The van der Waals surface area contributed by atoms with Gasteiger partial charge in [0.25, 0.3) is 0 Å². The molecule has 3 aromatic rings. The van der Waals surface area contributed by atoms with E-state index in [0.29, 0.717) is 16.9 Å². The number of hydrogen-bond donors (Lipinski definition) is 2. The van der Waals surface area contributed by atoms with Crippen molar-refractivity contribution in [3.05, 3.63) is 70.8 Å². The molecular formula is C26H25N3O7. The van der Waals surface area contributed by atoms with Crippen LogP contribution in [0.15, 0.2) is 58.2 Å². The van der Waals surface area contributed by atoms with Crippen LogP contribution in [0.25, 0.3) is 22.8 Å². The number of H-pyrrole nitrogens is 1. The number of rotatable bonds is 5. The van der Waals surface area contributed by atoms with Gasteiger partial charge in [-0.2, -0.15) is 0 Å². The Bertz CT molecular complexity index is 1480. The van der Waals surface area contributed by atoms with E-state index in [9.17, 15) is 14.7 Å². The zero-order valence-corrected chi connectivity index (χ0v) is 20.0. The number of aromatic amines is 1. The zero-order valence-electron chi connectivity index (χ0n) is 20.0. The topological polar surface area (TPSA) is 136 Å². The van der Waals surface area contributed by atoms with E-state index >= 15 is 0 Å². The number of carbonyl (C=O) groups is 2. The van der Waals surface area contributed by atoms with Crippen LogP contribution in [0, 0.1) is 0 Å². The average molecular weight is 492 g/mol. The number of pyridine rings is 1. The van der Waals surface area contributed by atoms with Gasteiger partial charge in [0.15, 0.2) is 22.1 Å². The third-order valence-electron chi connectivity index (χ3n) is 4.82. The van der Waals surface area contributed by atoms with E-state index in [1.807, 2.05) is 6.07 Å². The maximum absolute atomic E-state index is 13.0. The molecule has 0 fully saturated rings. The highest BCUT2D eigenvalue weighted by atomic mass is 16.7. The summed E-state index contributed by atoms with van der Waals surface area (Å²) in [6.45, 7) is 4.63. The van der Waals surface area contributed by atoms with Crippen LogP contribution in [0.4, 0.5) is 4.79 Å². The summed E-state index contributed by atoms with van der Waals surface area (Å²) in [6, 6.07) is 3.65. The molecule has 0 unspecified atom stereocenters. The lowest BCUT2D eigenvalue weighted by Gasteiger charge is -2.18. The Hall–Kier alpha value is -4.60. The third kappa shape index (κ3) is 5.72. The van der Waals surface area contributed by atoms with Gasteiger partial charge in [0, 0.05) is 29.6 Å². The standard InChI is InChI=1S/C26H25N3O7/c1-26(2,3)36-25(32)34-13-12-33-24(31)20-21(30)19(35-22(20)18-9-5-4-6-10-27-18)14-16-15-29-23-17(16)8-7-11-28-23/h4-11,14-15,30H,12-13H2,1-3H3,(H,28,29). The second-order valence-corrected chi connectivity index (χ2v) is 8.66. The second kappa shape index (κ2) is 10.3. The minimum absolute atomic E-state index is 0.0333. The third-order valence-corrected chi connectivity index (χ3v) is 4.82. The summed E-state index contributed by atoms with van der Waals surface area (Å²) in [5.41, 5.74) is 0.841. The summed E-state index contributed by atoms with van der Waals surface area (Å²) in [6.07, 6.45) is 12.5. The molecule has 4 rings (SSSR count). The Kier molecular flexibility index (Phi) is 7.05. The minimum atomic E-state index is -0.878. The lowest BCUT2D eigenvalue weighted by atomic mass is 10.2. The van der Waals surface area contributed by atoms with E-state index in [0.717, 1.165) is 5.39 Å². The summed E-state index contributed by atoms with van der Waals surface area (Å²) in [5, 5.41) is 11.8. The fraction of sp³-hybridized carbons (Fsp3) is 0.231. The maximum atomic E-state index is 13.0. The number of furan rings is 1. The molecule has 0 amide bonds. The number of allylic oxidation sites excluding steroid dienone is 3.